The Bertz CT molecular complexity index is 1060. The van der Waals surface area contributed by atoms with Crippen LogP contribution in [0.1, 0.15) is 35.0 Å². The van der Waals surface area contributed by atoms with Crippen molar-refractivity contribution in [1.29, 1.82) is 0 Å². The number of carbonyl (C=O) groups is 1. The van der Waals surface area contributed by atoms with Crippen LogP contribution in [0.25, 0.3) is 11.5 Å². The lowest BCUT2D eigenvalue weighted by atomic mass is 9.72. The first kappa shape index (κ1) is 19.7. The lowest BCUT2D eigenvalue weighted by Gasteiger charge is -2.36. The molecule has 5 rings (SSSR count). The van der Waals surface area contributed by atoms with Crippen molar-refractivity contribution < 1.29 is 18.7 Å². The monoisotopic (exact) mass is 420 g/mol. The minimum atomic E-state index is -0.130. The lowest BCUT2D eigenvalue weighted by molar-refractivity contribution is 0.00908. The van der Waals surface area contributed by atoms with E-state index in [4.69, 9.17) is 13.9 Å². The molecule has 1 amide bonds. The Labute approximate surface area is 180 Å². The Morgan fingerprint density at radius 3 is 2.74 bits per heavy atom. The van der Waals surface area contributed by atoms with Crippen LogP contribution in [-0.2, 0) is 4.74 Å². The molecule has 1 atom stereocenters. The van der Waals surface area contributed by atoms with Crippen LogP contribution in [0.2, 0.25) is 0 Å². The topological polar surface area (TPSA) is 90.6 Å². The smallest absolute Gasteiger partial charge is 0.254 e. The first-order chi connectivity index (χ1) is 15.2. The number of aromatic nitrogens is 3. The van der Waals surface area contributed by atoms with Crippen molar-refractivity contribution >= 4 is 5.91 Å². The molecule has 1 aromatic carbocycles. The third-order valence-electron chi connectivity index (χ3n) is 6.41. The van der Waals surface area contributed by atoms with Crippen LogP contribution >= 0.6 is 0 Å². The highest BCUT2D eigenvalue weighted by Gasteiger charge is 2.51. The van der Waals surface area contributed by atoms with Crippen LogP contribution in [0.3, 0.4) is 0 Å². The molecule has 2 aliphatic rings. The minimum absolute atomic E-state index is 0.0128. The predicted octanol–water partition coefficient (Wildman–Crippen LogP) is 3.18. The molecule has 31 heavy (non-hydrogen) atoms. The molecule has 0 bridgehead atoms. The molecule has 0 aliphatic carbocycles. The average molecular weight is 420 g/mol. The molecule has 3 aromatic rings. The van der Waals surface area contributed by atoms with Gasteiger partial charge in [0.2, 0.25) is 11.8 Å². The Balaban J connectivity index is 1.45. The summed E-state index contributed by atoms with van der Waals surface area (Å²) in [6.07, 6.45) is 5.10. The molecule has 4 heterocycles. The summed E-state index contributed by atoms with van der Waals surface area (Å²) < 4.78 is 17.0. The number of benzene rings is 1. The van der Waals surface area contributed by atoms with E-state index in [0.717, 1.165) is 18.4 Å². The van der Waals surface area contributed by atoms with Crippen LogP contribution < -0.4 is 4.74 Å². The molecule has 1 unspecified atom stereocenters. The summed E-state index contributed by atoms with van der Waals surface area (Å²) >= 11 is 0. The van der Waals surface area contributed by atoms with Gasteiger partial charge in [-0.15, -0.1) is 10.2 Å². The number of rotatable bonds is 4. The quantitative estimate of drug-likeness (QED) is 0.640. The van der Waals surface area contributed by atoms with Crippen LogP contribution in [0.5, 0.6) is 5.75 Å². The Kier molecular flexibility index (Phi) is 5.15. The van der Waals surface area contributed by atoms with E-state index in [1.54, 1.807) is 25.6 Å². The van der Waals surface area contributed by atoms with Gasteiger partial charge in [-0.2, -0.15) is 0 Å². The van der Waals surface area contributed by atoms with Crippen LogP contribution in [0, 0.1) is 5.41 Å². The number of methoxy groups -OCH3 is 1. The molecule has 160 valence electrons. The highest BCUT2D eigenvalue weighted by Crippen LogP contribution is 2.49. The van der Waals surface area contributed by atoms with Crippen molar-refractivity contribution in [3.63, 3.8) is 0 Å². The standard InChI is InChI=1S/C23H24N4O4/c1-29-18-4-2-3-17(13-18)22(28)27-14-19(23(15-27)7-11-30-12-8-23)21-26-25-20(31-21)16-5-9-24-10-6-16/h2-6,9-10,13,19H,7-8,11-12,14-15H2,1H3. The maximum atomic E-state index is 13.3. The summed E-state index contributed by atoms with van der Waals surface area (Å²) in [6.45, 7) is 2.52. The Morgan fingerprint density at radius 2 is 1.97 bits per heavy atom. The number of hydrogen-bond acceptors (Lipinski definition) is 7. The minimum Gasteiger partial charge on any atom is -0.497 e. The number of hydrogen-bond donors (Lipinski definition) is 0. The number of pyridine rings is 1. The van der Waals surface area contributed by atoms with Gasteiger partial charge in [-0.3, -0.25) is 9.78 Å². The van der Waals surface area contributed by atoms with Crippen molar-refractivity contribution in [3.05, 3.63) is 60.2 Å². The van der Waals surface area contributed by atoms with Gasteiger partial charge < -0.3 is 18.8 Å². The summed E-state index contributed by atoms with van der Waals surface area (Å²) in [6, 6.07) is 11.0. The fraction of sp³-hybridized carbons (Fsp3) is 0.391. The van der Waals surface area contributed by atoms with Gasteiger partial charge in [0, 0.05) is 55.2 Å². The molecule has 0 N–H and O–H groups in total. The fourth-order valence-corrected chi connectivity index (χ4v) is 4.67. The number of amides is 1. The molecule has 0 radical (unpaired) electrons. The molecule has 8 nitrogen and oxygen atoms in total. The third-order valence-corrected chi connectivity index (χ3v) is 6.41. The van der Waals surface area contributed by atoms with E-state index in [-0.39, 0.29) is 17.2 Å². The summed E-state index contributed by atoms with van der Waals surface area (Å²) in [5.74, 6) is 1.67. The van der Waals surface area contributed by atoms with Crippen LogP contribution in [0.4, 0.5) is 0 Å². The molecule has 8 heteroatoms. The molecule has 0 saturated carbocycles. The second kappa shape index (κ2) is 8.11. The summed E-state index contributed by atoms with van der Waals surface area (Å²) in [5.41, 5.74) is 1.32. The predicted molar refractivity (Wildman–Crippen MR) is 112 cm³/mol. The van der Waals surface area contributed by atoms with E-state index < -0.39 is 0 Å². The Hall–Kier alpha value is -3.26. The second-order valence-corrected chi connectivity index (χ2v) is 8.13. The van der Waals surface area contributed by atoms with Gasteiger partial charge >= 0.3 is 0 Å². The van der Waals surface area contributed by atoms with E-state index in [0.29, 0.717) is 49.4 Å². The van der Waals surface area contributed by atoms with E-state index in [2.05, 4.69) is 15.2 Å². The molecule has 1 spiro atoms. The van der Waals surface area contributed by atoms with Crippen LogP contribution in [0.15, 0.2) is 53.2 Å². The Morgan fingerprint density at radius 1 is 1.16 bits per heavy atom. The van der Waals surface area contributed by atoms with Crippen molar-refractivity contribution in [1.82, 2.24) is 20.1 Å². The van der Waals surface area contributed by atoms with E-state index in [1.165, 1.54) is 0 Å². The largest absolute Gasteiger partial charge is 0.497 e. The van der Waals surface area contributed by atoms with Gasteiger partial charge in [-0.1, -0.05) is 6.07 Å². The zero-order valence-corrected chi connectivity index (χ0v) is 17.4. The van der Waals surface area contributed by atoms with Crippen molar-refractivity contribution in [2.24, 2.45) is 5.41 Å². The van der Waals surface area contributed by atoms with Crippen molar-refractivity contribution in [2.75, 3.05) is 33.4 Å². The van der Waals surface area contributed by atoms with Gasteiger partial charge in [-0.25, -0.2) is 0 Å². The van der Waals surface area contributed by atoms with Crippen molar-refractivity contribution in [3.8, 4) is 17.2 Å². The third kappa shape index (κ3) is 3.67. The van der Waals surface area contributed by atoms with E-state index in [1.807, 2.05) is 35.2 Å². The fourth-order valence-electron chi connectivity index (χ4n) is 4.67. The highest BCUT2D eigenvalue weighted by molar-refractivity contribution is 5.95. The first-order valence-corrected chi connectivity index (χ1v) is 10.4. The number of nitrogens with zero attached hydrogens (tertiary/aromatic N) is 4. The van der Waals surface area contributed by atoms with E-state index in [9.17, 15) is 4.79 Å². The molecular formula is C23H24N4O4. The van der Waals surface area contributed by atoms with E-state index >= 15 is 0 Å². The van der Waals surface area contributed by atoms with Gasteiger partial charge in [0.15, 0.2) is 0 Å². The average Bonchev–Trinajstić information content (AvgIpc) is 3.45. The van der Waals surface area contributed by atoms with Gasteiger partial charge in [0.1, 0.15) is 5.75 Å². The highest BCUT2D eigenvalue weighted by atomic mass is 16.5. The SMILES string of the molecule is COc1cccc(C(=O)N2CC(c3nnc(-c4ccncc4)o3)C3(CCOCC3)C2)c1. The molecule has 2 aromatic heterocycles. The number of ether oxygens (including phenoxy) is 2. The maximum Gasteiger partial charge on any atom is 0.254 e. The zero-order chi connectivity index (χ0) is 21.3. The normalized spacial score (nSPS) is 20.2. The molecule has 2 saturated heterocycles. The summed E-state index contributed by atoms with van der Waals surface area (Å²) in [4.78, 5) is 19.3. The van der Waals surface area contributed by atoms with Gasteiger partial charge in [-0.05, 0) is 43.2 Å². The lowest BCUT2D eigenvalue weighted by Crippen LogP contribution is -2.37. The summed E-state index contributed by atoms with van der Waals surface area (Å²) in [7, 11) is 1.60. The molecular weight excluding hydrogens is 396 g/mol. The maximum absolute atomic E-state index is 13.3. The van der Waals surface area contributed by atoms with Crippen molar-refractivity contribution in [2.45, 2.75) is 18.8 Å². The van der Waals surface area contributed by atoms with Crippen LogP contribution in [-0.4, -0.2) is 59.4 Å². The number of likely N-dealkylation sites (tertiary alicyclic amines) is 1. The molecule has 2 aliphatic heterocycles. The van der Waals surface area contributed by atoms with Gasteiger partial charge in [0.05, 0.1) is 13.0 Å². The number of carbonyl (C=O) groups excluding carboxylic acids is 1. The second-order valence-electron chi connectivity index (χ2n) is 8.13. The zero-order valence-electron chi connectivity index (χ0n) is 17.4. The summed E-state index contributed by atoms with van der Waals surface area (Å²) in [5, 5.41) is 8.65. The first-order valence-electron chi connectivity index (χ1n) is 10.4. The van der Waals surface area contributed by atoms with Gasteiger partial charge in [0.25, 0.3) is 5.91 Å². The molecule has 2 fully saturated rings.